The van der Waals surface area contributed by atoms with Gasteiger partial charge >= 0.3 is 0 Å². The van der Waals surface area contributed by atoms with Crippen LogP contribution in [0.25, 0.3) is 0 Å². The first kappa shape index (κ1) is 12.2. The van der Waals surface area contributed by atoms with Crippen LogP contribution < -0.4 is 4.74 Å². The molecule has 0 N–H and O–H groups in total. The van der Waals surface area contributed by atoms with Gasteiger partial charge in [-0.1, -0.05) is 0 Å². The lowest BCUT2D eigenvalue weighted by atomic mass is 10.0. The molecule has 1 aromatic rings. The number of halogens is 1. The third-order valence-corrected chi connectivity index (χ3v) is 2.28. The molecule has 0 heterocycles. The van der Waals surface area contributed by atoms with Gasteiger partial charge in [0.05, 0.1) is 30.2 Å². The number of benzene rings is 1. The first-order valence-corrected chi connectivity index (χ1v) is 4.87. The molecule has 0 unspecified atom stereocenters. The number of rotatable bonds is 4. The van der Waals surface area contributed by atoms with Gasteiger partial charge in [-0.2, -0.15) is 5.26 Å². The van der Waals surface area contributed by atoms with Crippen molar-refractivity contribution in [2.75, 3.05) is 13.0 Å². The number of alkyl halides is 1. The van der Waals surface area contributed by atoms with E-state index in [2.05, 4.69) is 0 Å². The van der Waals surface area contributed by atoms with Gasteiger partial charge in [-0.15, -0.1) is 11.6 Å². The molecular weight excluding hydrogens is 230 g/mol. The minimum Gasteiger partial charge on any atom is -0.496 e. The summed E-state index contributed by atoms with van der Waals surface area (Å²) in [5.41, 5.74) is 0.523. The molecule has 0 amide bonds. The fourth-order valence-electron chi connectivity index (χ4n) is 1.25. The molecule has 5 heteroatoms. The lowest BCUT2D eigenvalue weighted by Gasteiger charge is -2.08. The Morgan fingerprint density at radius 1 is 1.62 bits per heavy atom. The average molecular weight is 238 g/mol. The molecule has 0 saturated carbocycles. The van der Waals surface area contributed by atoms with Crippen molar-refractivity contribution in [2.45, 2.75) is 0 Å². The SMILES string of the molecule is COc1cc(C=O)c(C#N)cc1C(=O)CCl. The molecule has 16 heavy (non-hydrogen) atoms. The van der Waals surface area contributed by atoms with Gasteiger partial charge in [0.15, 0.2) is 12.1 Å². The molecule has 0 bridgehead atoms. The Morgan fingerprint density at radius 3 is 2.75 bits per heavy atom. The number of nitriles is 1. The number of aldehydes is 1. The van der Waals surface area contributed by atoms with E-state index in [0.29, 0.717) is 6.29 Å². The number of ether oxygens (including phenoxy) is 1. The van der Waals surface area contributed by atoms with Crippen LogP contribution in [0.4, 0.5) is 0 Å². The molecular formula is C11H8ClNO3. The summed E-state index contributed by atoms with van der Waals surface area (Å²) in [7, 11) is 1.38. The van der Waals surface area contributed by atoms with Crippen molar-refractivity contribution in [3.05, 3.63) is 28.8 Å². The molecule has 0 atom stereocenters. The van der Waals surface area contributed by atoms with E-state index in [9.17, 15) is 9.59 Å². The molecule has 1 aromatic carbocycles. The Hall–Kier alpha value is -1.86. The zero-order valence-electron chi connectivity index (χ0n) is 8.49. The van der Waals surface area contributed by atoms with Gasteiger partial charge in [0, 0.05) is 5.56 Å². The number of carbonyl (C=O) groups excluding carboxylic acids is 2. The minimum atomic E-state index is -0.354. The van der Waals surface area contributed by atoms with Gasteiger partial charge in [0.1, 0.15) is 5.75 Å². The number of hydrogen-bond donors (Lipinski definition) is 0. The van der Waals surface area contributed by atoms with Gasteiger partial charge in [-0.3, -0.25) is 9.59 Å². The Kier molecular flexibility index (Phi) is 4.03. The maximum atomic E-state index is 11.5. The standard InChI is InChI=1S/C11H8ClNO3/c1-16-11-3-8(6-14)7(5-13)2-9(11)10(15)4-12/h2-3,6H,4H2,1H3. The van der Waals surface area contributed by atoms with Crippen LogP contribution in [0, 0.1) is 11.3 Å². The van der Waals surface area contributed by atoms with E-state index in [1.807, 2.05) is 6.07 Å². The lowest BCUT2D eigenvalue weighted by Crippen LogP contribution is -2.05. The highest BCUT2D eigenvalue weighted by Gasteiger charge is 2.15. The summed E-state index contributed by atoms with van der Waals surface area (Å²) in [4.78, 5) is 22.1. The van der Waals surface area contributed by atoms with E-state index < -0.39 is 0 Å². The van der Waals surface area contributed by atoms with Crippen LogP contribution in [0.5, 0.6) is 5.75 Å². The topological polar surface area (TPSA) is 67.2 Å². The first-order valence-electron chi connectivity index (χ1n) is 4.34. The fraction of sp³-hybridized carbons (Fsp3) is 0.182. The van der Waals surface area contributed by atoms with Crippen LogP contribution in [-0.2, 0) is 0 Å². The third kappa shape index (κ3) is 2.20. The highest BCUT2D eigenvalue weighted by atomic mass is 35.5. The number of methoxy groups -OCH3 is 1. The quantitative estimate of drug-likeness (QED) is 0.455. The van der Waals surface area contributed by atoms with E-state index in [4.69, 9.17) is 21.6 Å². The molecule has 0 saturated heterocycles. The highest BCUT2D eigenvalue weighted by Crippen LogP contribution is 2.23. The largest absolute Gasteiger partial charge is 0.496 e. The summed E-state index contributed by atoms with van der Waals surface area (Å²) in [6.45, 7) is 0. The number of Topliss-reactive ketones (excluding diaryl/α,β-unsaturated/α-hetero) is 1. The maximum absolute atomic E-state index is 11.5. The molecule has 0 radical (unpaired) electrons. The van der Waals surface area contributed by atoms with Crippen molar-refractivity contribution >= 4 is 23.7 Å². The van der Waals surface area contributed by atoms with E-state index in [-0.39, 0.29) is 34.1 Å². The summed E-state index contributed by atoms with van der Waals surface area (Å²) in [5, 5.41) is 8.80. The second kappa shape index (κ2) is 5.29. The number of nitrogens with zero attached hydrogens (tertiary/aromatic N) is 1. The first-order chi connectivity index (χ1) is 7.67. The Morgan fingerprint density at radius 2 is 2.31 bits per heavy atom. The van der Waals surface area contributed by atoms with Gasteiger partial charge < -0.3 is 4.74 Å². The zero-order chi connectivity index (χ0) is 12.1. The third-order valence-electron chi connectivity index (χ3n) is 2.04. The number of ketones is 1. The molecule has 0 aromatic heterocycles. The summed E-state index contributed by atoms with van der Waals surface area (Å²) < 4.78 is 4.96. The molecule has 0 aliphatic carbocycles. The van der Waals surface area contributed by atoms with E-state index in [0.717, 1.165) is 0 Å². The van der Waals surface area contributed by atoms with Crippen molar-refractivity contribution in [3.63, 3.8) is 0 Å². The van der Waals surface area contributed by atoms with E-state index >= 15 is 0 Å². The van der Waals surface area contributed by atoms with Crippen molar-refractivity contribution in [1.82, 2.24) is 0 Å². The second-order valence-electron chi connectivity index (χ2n) is 2.93. The van der Waals surface area contributed by atoms with Crippen molar-refractivity contribution in [3.8, 4) is 11.8 Å². The zero-order valence-corrected chi connectivity index (χ0v) is 9.25. The minimum absolute atomic E-state index is 0.129. The van der Waals surface area contributed by atoms with E-state index in [1.165, 1.54) is 19.2 Å². The Balaban J connectivity index is 3.44. The van der Waals surface area contributed by atoms with Crippen LogP contribution in [-0.4, -0.2) is 25.1 Å². The predicted octanol–water partition coefficient (Wildman–Crippen LogP) is 1.80. The average Bonchev–Trinajstić information content (AvgIpc) is 2.35. The lowest BCUT2D eigenvalue weighted by molar-refractivity contribution is 0.101. The van der Waals surface area contributed by atoms with Gasteiger partial charge in [-0.25, -0.2) is 0 Å². The Bertz CT molecular complexity index is 477. The van der Waals surface area contributed by atoms with Crippen LogP contribution in [0.2, 0.25) is 0 Å². The van der Waals surface area contributed by atoms with Crippen molar-refractivity contribution in [2.24, 2.45) is 0 Å². The van der Waals surface area contributed by atoms with Crippen molar-refractivity contribution < 1.29 is 14.3 Å². The van der Waals surface area contributed by atoms with Gasteiger partial charge in [0.2, 0.25) is 0 Å². The summed E-state index contributed by atoms with van der Waals surface area (Å²) in [5.74, 6) is -0.319. The monoisotopic (exact) mass is 237 g/mol. The van der Waals surface area contributed by atoms with Crippen molar-refractivity contribution in [1.29, 1.82) is 5.26 Å². The summed E-state index contributed by atoms with van der Waals surface area (Å²) in [6.07, 6.45) is 0.538. The van der Waals surface area contributed by atoms with Crippen LogP contribution in [0.1, 0.15) is 26.3 Å². The van der Waals surface area contributed by atoms with E-state index in [1.54, 1.807) is 0 Å². The summed E-state index contributed by atoms with van der Waals surface area (Å²) >= 11 is 5.43. The van der Waals surface area contributed by atoms with Gasteiger partial charge in [-0.05, 0) is 12.1 Å². The predicted molar refractivity (Wildman–Crippen MR) is 58.1 cm³/mol. The maximum Gasteiger partial charge on any atom is 0.181 e. The molecule has 0 fully saturated rings. The Labute approximate surface area is 97.4 Å². The molecule has 82 valence electrons. The van der Waals surface area contributed by atoms with Crippen LogP contribution in [0.15, 0.2) is 12.1 Å². The highest BCUT2D eigenvalue weighted by molar-refractivity contribution is 6.30. The number of hydrogen-bond acceptors (Lipinski definition) is 4. The second-order valence-corrected chi connectivity index (χ2v) is 3.19. The molecule has 1 rings (SSSR count). The fourth-order valence-corrected chi connectivity index (χ4v) is 1.39. The molecule has 0 spiro atoms. The molecule has 4 nitrogen and oxygen atoms in total. The smallest absolute Gasteiger partial charge is 0.181 e. The van der Waals surface area contributed by atoms with Crippen LogP contribution in [0.3, 0.4) is 0 Å². The van der Waals surface area contributed by atoms with Crippen LogP contribution >= 0.6 is 11.6 Å². The normalized spacial score (nSPS) is 9.31. The molecule has 0 aliphatic heterocycles. The molecule has 0 aliphatic rings. The summed E-state index contributed by atoms with van der Waals surface area (Å²) in [6, 6.07) is 4.50. The number of carbonyl (C=O) groups is 2. The van der Waals surface area contributed by atoms with Gasteiger partial charge in [0.25, 0.3) is 0 Å².